The van der Waals surface area contributed by atoms with Gasteiger partial charge in [0, 0.05) is 45.6 Å². The van der Waals surface area contributed by atoms with Crippen LogP contribution in [0, 0.1) is 5.92 Å². The zero-order valence-electron chi connectivity index (χ0n) is 68.7. The van der Waals surface area contributed by atoms with Gasteiger partial charge >= 0.3 is 36.4 Å². The minimum absolute atomic E-state index is 0.00839. The SMILES string of the molecule is CCCC(N(CC(CCCCCCNC(=O)CCCCCCCCCCCCCCCCCCCCCC(C)N)C(C(=O)OC(C)(C)C)(C(CC)N(C)C(=O)OC(C)(C)C)N(C(=O)OC(C)(C)C)C(N)CCC)C(=O)OC(C)(C)C)N(C(=O)OC(C)(C)C)C(CC)N(C)C(=O)OC(C)(C)C. The third-order valence-electron chi connectivity index (χ3n) is 17.4. The summed E-state index contributed by atoms with van der Waals surface area (Å²) in [4.78, 5) is 113. The molecule has 0 saturated carbocycles. The molecule has 21 nitrogen and oxygen atoms in total. The normalized spacial score (nSPS) is 14.8. The van der Waals surface area contributed by atoms with Gasteiger partial charge in [-0.3, -0.25) is 24.4 Å². The van der Waals surface area contributed by atoms with Gasteiger partial charge in [0.25, 0.3) is 0 Å². The van der Waals surface area contributed by atoms with Crippen molar-refractivity contribution in [2.45, 2.75) is 434 Å². The number of ether oxygens (including phenoxy) is 6. The van der Waals surface area contributed by atoms with E-state index < -0.39 is 113 Å². The number of rotatable bonds is 47. The molecule has 21 heteroatoms. The molecule has 100 heavy (non-hydrogen) atoms. The van der Waals surface area contributed by atoms with E-state index in [-0.39, 0.29) is 38.0 Å². The Labute approximate surface area is 610 Å². The Morgan fingerprint density at radius 1 is 0.390 bits per heavy atom. The van der Waals surface area contributed by atoms with Crippen molar-refractivity contribution in [1.29, 1.82) is 0 Å². The summed E-state index contributed by atoms with van der Waals surface area (Å²) in [7, 11) is 3.04. The van der Waals surface area contributed by atoms with E-state index in [0.717, 1.165) is 25.7 Å². The quantitative estimate of drug-likeness (QED) is 0.0222. The maximum atomic E-state index is 16.7. The van der Waals surface area contributed by atoms with Crippen LogP contribution in [0.5, 0.6) is 0 Å². The van der Waals surface area contributed by atoms with E-state index >= 15 is 19.2 Å². The zero-order valence-corrected chi connectivity index (χ0v) is 68.7. The van der Waals surface area contributed by atoms with E-state index in [1.807, 2.05) is 13.8 Å². The Morgan fingerprint density at radius 2 is 0.750 bits per heavy atom. The number of nitrogens with one attached hydrogen (secondary N) is 1. The van der Waals surface area contributed by atoms with Gasteiger partial charge in [0.1, 0.15) is 45.9 Å². The summed E-state index contributed by atoms with van der Waals surface area (Å²) < 4.78 is 37.7. The van der Waals surface area contributed by atoms with E-state index in [4.69, 9.17) is 39.9 Å². The van der Waals surface area contributed by atoms with Crippen molar-refractivity contribution in [1.82, 2.24) is 29.8 Å². The summed E-state index contributed by atoms with van der Waals surface area (Å²) in [6.45, 7) is 40.5. The molecule has 0 saturated heterocycles. The highest BCUT2D eigenvalue weighted by molar-refractivity contribution is 5.89. The van der Waals surface area contributed by atoms with Crippen LogP contribution in [0.25, 0.3) is 0 Å². The van der Waals surface area contributed by atoms with E-state index in [1.165, 1.54) is 141 Å². The maximum Gasteiger partial charge on any atom is 0.413 e. The molecule has 0 aliphatic heterocycles. The molecule has 0 radical (unpaired) electrons. The lowest BCUT2D eigenvalue weighted by molar-refractivity contribution is -0.185. The summed E-state index contributed by atoms with van der Waals surface area (Å²) in [5.41, 5.74) is 4.41. The van der Waals surface area contributed by atoms with Crippen molar-refractivity contribution >= 4 is 42.3 Å². The van der Waals surface area contributed by atoms with Crippen LogP contribution in [0.2, 0.25) is 0 Å². The van der Waals surface area contributed by atoms with Crippen molar-refractivity contribution in [3.63, 3.8) is 0 Å². The minimum atomic E-state index is -2.34. The molecule has 0 spiro atoms. The average Bonchev–Trinajstić information content (AvgIpc) is 0.726. The molecule has 0 heterocycles. The van der Waals surface area contributed by atoms with Crippen LogP contribution >= 0.6 is 0 Å². The fraction of sp³-hybridized carbons (Fsp3) is 0.911. The molecule has 7 atom stereocenters. The number of amides is 6. The lowest BCUT2D eigenvalue weighted by Gasteiger charge is -2.55. The number of nitrogens with two attached hydrogens (primary N) is 2. The Kier molecular flexibility index (Phi) is 44.6. The zero-order chi connectivity index (χ0) is 76.9. The molecule has 0 aromatic heterocycles. The molecule has 0 aliphatic carbocycles. The van der Waals surface area contributed by atoms with Gasteiger partial charge in [-0.05, 0) is 183 Å². The second kappa shape index (κ2) is 46.8. The number of nitrogens with zero attached hydrogens (tertiary/aromatic N) is 5. The third kappa shape index (κ3) is 39.7. The maximum absolute atomic E-state index is 16.7. The minimum Gasteiger partial charge on any atom is -0.458 e. The van der Waals surface area contributed by atoms with E-state index in [1.54, 1.807) is 138 Å². The van der Waals surface area contributed by atoms with Crippen LogP contribution in [0.15, 0.2) is 0 Å². The number of esters is 1. The van der Waals surface area contributed by atoms with Gasteiger partial charge in [-0.25, -0.2) is 28.8 Å². The highest BCUT2D eigenvalue weighted by atomic mass is 16.6. The number of hydrogen-bond acceptors (Lipinski definition) is 15. The Hall–Kier alpha value is -4.79. The molecular weight excluding hydrogens is 1270 g/mol. The molecule has 0 aliphatic rings. The lowest BCUT2D eigenvalue weighted by Crippen LogP contribution is -2.76. The topological polar surface area (TPSA) is 255 Å². The molecule has 0 bridgehead atoms. The van der Waals surface area contributed by atoms with Gasteiger partial charge in [0.2, 0.25) is 5.91 Å². The number of carbonyl (C=O) groups excluding carboxylic acids is 7. The Bertz CT molecular complexity index is 2320. The first-order chi connectivity index (χ1) is 46.2. The molecule has 6 amide bonds. The largest absolute Gasteiger partial charge is 0.458 e. The third-order valence-corrected chi connectivity index (χ3v) is 17.4. The Balaban J connectivity index is 7.75. The van der Waals surface area contributed by atoms with Crippen molar-refractivity contribution < 1.29 is 62.0 Å². The summed E-state index contributed by atoms with van der Waals surface area (Å²) in [5, 5.41) is 3.14. The van der Waals surface area contributed by atoms with Gasteiger partial charge in [0.05, 0.1) is 12.2 Å². The smallest absolute Gasteiger partial charge is 0.413 e. The van der Waals surface area contributed by atoms with Crippen molar-refractivity contribution in [2.24, 2.45) is 17.4 Å². The van der Waals surface area contributed by atoms with Crippen LogP contribution in [0.3, 0.4) is 0 Å². The summed E-state index contributed by atoms with van der Waals surface area (Å²) in [5.74, 6) is -2.14. The van der Waals surface area contributed by atoms with Crippen LogP contribution in [0.4, 0.5) is 24.0 Å². The fourth-order valence-electron chi connectivity index (χ4n) is 12.9. The monoisotopic (exact) mass is 1420 g/mol. The second-order valence-corrected chi connectivity index (χ2v) is 34.3. The van der Waals surface area contributed by atoms with Crippen molar-refractivity contribution in [3.05, 3.63) is 0 Å². The van der Waals surface area contributed by atoms with Crippen LogP contribution in [0.1, 0.15) is 365 Å². The molecule has 0 aromatic rings. The van der Waals surface area contributed by atoms with Crippen LogP contribution in [-0.4, -0.2) is 164 Å². The summed E-state index contributed by atoms with van der Waals surface area (Å²) in [6, 6.07) is -0.981. The predicted octanol–water partition coefficient (Wildman–Crippen LogP) is 19.5. The number of unbranched alkanes of at least 4 members (excludes halogenated alkanes) is 21. The molecule has 7 unspecified atom stereocenters. The van der Waals surface area contributed by atoms with Crippen molar-refractivity contribution in [2.75, 3.05) is 27.2 Å². The van der Waals surface area contributed by atoms with E-state index in [2.05, 4.69) is 12.2 Å². The van der Waals surface area contributed by atoms with Gasteiger partial charge in [-0.1, -0.05) is 175 Å². The Morgan fingerprint density at radius 3 is 1.14 bits per heavy atom. The molecule has 5 N–H and O–H groups in total. The fourth-order valence-corrected chi connectivity index (χ4v) is 12.9. The lowest BCUT2D eigenvalue weighted by atomic mass is 9.71. The number of carbonyl (C=O) groups is 7. The van der Waals surface area contributed by atoms with Gasteiger partial charge in [0.15, 0.2) is 5.54 Å². The number of hydrogen-bond donors (Lipinski definition) is 3. The summed E-state index contributed by atoms with van der Waals surface area (Å²) in [6.07, 6.45) is 21.3. The van der Waals surface area contributed by atoms with Gasteiger partial charge < -0.3 is 50.1 Å². The molecule has 0 aromatic carbocycles. The molecule has 0 fully saturated rings. The predicted molar refractivity (Wildman–Crippen MR) is 406 cm³/mol. The number of likely N-dealkylation sites (N-methyl/N-ethyl adjacent to an activating group) is 1. The summed E-state index contributed by atoms with van der Waals surface area (Å²) >= 11 is 0. The first kappa shape index (κ1) is 95.2. The van der Waals surface area contributed by atoms with E-state index in [0.29, 0.717) is 57.5 Å². The molecule has 0 rings (SSSR count). The van der Waals surface area contributed by atoms with E-state index in [9.17, 15) is 14.4 Å². The average molecular weight is 1420 g/mol. The second-order valence-electron chi connectivity index (χ2n) is 34.3. The molecular formula is C79H154N8O13. The standard InChI is InChI=1S/C79H154N8O13/c1-26-53-63(81)87(72(94)100-78(21,22)23)79(67(89)95-73(6,7)8,62(28-3)83(24)68(90)96-74(9,10)11)61(56-50-47-48-52-58-82-64(88)57-51-46-44-42-40-38-36-34-32-30-31-33-35-37-39-41-43-45-49-55-60(5)80)59-85(70(92)98-76(15,16)17)66(54-27-2)86(71(93)99-77(18,19)20)65(29-4)84(25)69(91)97-75(12,13)14/h60-63,65-66H,26-59,80-81H2,1-25H3,(H,82,88). The first-order valence-electron chi connectivity index (χ1n) is 39.2. The van der Waals surface area contributed by atoms with Crippen LogP contribution in [-0.2, 0) is 38.0 Å². The van der Waals surface area contributed by atoms with Gasteiger partial charge in [-0.15, -0.1) is 0 Å². The van der Waals surface area contributed by atoms with Gasteiger partial charge in [-0.2, -0.15) is 0 Å². The highest BCUT2D eigenvalue weighted by Gasteiger charge is 2.63. The molecule has 588 valence electrons. The first-order valence-corrected chi connectivity index (χ1v) is 39.2. The highest BCUT2D eigenvalue weighted by Crippen LogP contribution is 2.44. The van der Waals surface area contributed by atoms with Crippen molar-refractivity contribution in [3.8, 4) is 0 Å². The van der Waals surface area contributed by atoms with Crippen LogP contribution < -0.4 is 16.8 Å².